The maximum atomic E-state index is 12.5. The lowest BCUT2D eigenvalue weighted by molar-refractivity contribution is 0.491. The summed E-state index contributed by atoms with van der Waals surface area (Å²) in [7, 11) is -3.64. The second kappa shape index (κ2) is 6.66. The van der Waals surface area contributed by atoms with Gasteiger partial charge in [-0.25, -0.2) is 13.1 Å². The second-order valence-electron chi connectivity index (χ2n) is 7.16. The van der Waals surface area contributed by atoms with E-state index < -0.39 is 15.6 Å². The minimum absolute atomic E-state index is 0.153. The maximum absolute atomic E-state index is 12.5. The summed E-state index contributed by atoms with van der Waals surface area (Å²) in [4.78, 5) is 0.153. The molecule has 0 saturated carbocycles. The molecule has 1 heterocycles. The molecular formula is C19H21N3O3S. The van der Waals surface area contributed by atoms with E-state index in [1.807, 2.05) is 31.2 Å². The number of aromatic nitrogens is 2. The van der Waals surface area contributed by atoms with Gasteiger partial charge < -0.3 is 4.42 Å². The zero-order valence-electron chi connectivity index (χ0n) is 15.1. The highest BCUT2D eigenvalue weighted by Crippen LogP contribution is 2.26. The quantitative estimate of drug-likeness (QED) is 0.754. The van der Waals surface area contributed by atoms with Crippen molar-refractivity contribution in [2.45, 2.75) is 38.1 Å². The standard InChI is InChI=1S/C19H21N3O3S/c1-13-8-10-14(11-9-13)17-20-21-18(25-17)15-6-5-7-16(12-15)26(23,24)22-19(2,3)4/h5-12,22H,1-4H3. The summed E-state index contributed by atoms with van der Waals surface area (Å²) in [6.07, 6.45) is 0. The van der Waals surface area contributed by atoms with E-state index in [2.05, 4.69) is 14.9 Å². The molecule has 0 fully saturated rings. The van der Waals surface area contributed by atoms with Gasteiger partial charge in [-0.15, -0.1) is 10.2 Å². The molecule has 1 aromatic heterocycles. The number of rotatable bonds is 4. The summed E-state index contributed by atoms with van der Waals surface area (Å²) in [5, 5.41) is 8.11. The van der Waals surface area contributed by atoms with E-state index in [0.29, 0.717) is 11.5 Å². The molecule has 3 aromatic rings. The van der Waals surface area contributed by atoms with Crippen molar-refractivity contribution in [3.63, 3.8) is 0 Å². The summed E-state index contributed by atoms with van der Waals surface area (Å²) in [5.41, 5.74) is 1.93. The molecule has 0 amide bonds. The lowest BCUT2D eigenvalue weighted by Gasteiger charge is -2.20. The van der Waals surface area contributed by atoms with Crippen LogP contribution in [0.5, 0.6) is 0 Å². The Morgan fingerprint density at radius 3 is 2.15 bits per heavy atom. The van der Waals surface area contributed by atoms with E-state index in [-0.39, 0.29) is 10.8 Å². The molecule has 26 heavy (non-hydrogen) atoms. The van der Waals surface area contributed by atoms with E-state index in [9.17, 15) is 8.42 Å². The van der Waals surface area contributed by atoms with Gasteiger partial charge in [0.25, 0.3) is 0 Å². The van der Waals surface area contributed by atoms with E-state index in [1.165, 1.54) is 12.1 Å². The van der Waals surface area contributed by atoms with Crippen LogP contribution in [0.15, 0.2) is 57.8 Å². The van der Waals surface area contributed by atoms with Crippen LogP contribution < -0.4 is 4.72 Å². The Morgan fingerprint density at radius 2 is 1.54 bits per heavy atom. The number of sulfonamides is 1. The van der Waals surface area contributed by atoms with Gasteiger partial charge >= 0.3 is 0 Å². The van der Waals surface area contributed by atoms with Gasteiger partial charge in [-0.2, -0.15) is 0 Å². The van der Waals surface area contributed by atoms with Crippen molar-refractivity contribution in [3.8, 4) is 22.9 Å². The monoisotopic (exact) mass is 371 g/mol. The van der Waals surface area contributed by atoms with E-state index in [4.69, 9.17) is 4.42 Å². The van der Waals surface area contributed by atoms with Gasteiger partial charge in [0.2, 0.25) is 21.8 Å². The Balaban J connectivity index is 1.93. The zero-order chi connectivity index (χ0) is 18.9. The first-order valence-corrected chi connectivity index (χ1v) is 9.67. The molecule has 0 radical (unpaired) electrons. The predicted octanol–water partition coefficient (Wildman–Crippen LogP) is 3.79. The van der Waals surface area contributed by atoms with E-state index in [1.54, 1.807) is 32.9 Å². The molecule has 7 heteroatoms. The lowest BCUT2D eigenvalue weighted by Crippen LogP contribution is -2.40. The van der Waals surface area contributed by atoms with Crippen molar-refractivity contribution in [1.82, 2.24) is 14.9 Å². The molecule has 1 N–H and O–H groups in total. The molecule has 0 unspecified atom stereocenters. The van der Waals surface area contributed by atoms with E-state index in [0.717, 1.165) is 11.1 Å². The van der Waals surface area contributed by atoms with Crippen LogP contribution >= 0.6 is 0 Å². The van der Waals surface area contributed by atoms with Crippen LogP contribution in [0.1, 0.15) is 26.3 Å². The van der Waals surface area contributed by atoms with Crippen molar-refractivity contribution in [2.75, 3.05) is 0 Å². The minimum atomic E-state index is -3.64. The summed E-state index contributed by atoms with van der Waals surface area (Å²) < 4.78 is 33.4. The third kappa shape index (κ3) is 4.17. The van der Waals surface area contributed by atoms with E-state index >= 15 is 0 Å². The van der Waals surface area contributed by atoms with Gasteiger partial charge in [-0.3, -0.25) is 0 Å². The van der Waals surface area contributed by atoms with Gasteiger partial charge in [0.15, 0.2) is 0 Å². The fourth-order valence-corrected chi connectivity index (χ4v) is 3.87. The van der Waals surface area contributed by atoms with Crippen molar-refractivity contribution in [1.29, 1.82) is 0 Å². The number of aryl methyl sites for hydroxylation is 1. The van der Waals surface area contributed by atoms with Gasteiger partial charge in [0.1, 0.15) is 0 Å². The van der Waals surface area contributed by atoms with Crippen molar-refractivity contribution >= 4 is 10.0 Å². The first-order valence-electron chi connectivity index (χ1n) is 8.19. The topological polar surface area (TPSA) is 85.1 Å². The lowest BCUT2D eigenvalue weighted by atomic mass is 10.1. The smallest absolute Gasteiger partial charge is 0.248 e. The van der Waals surface area contributed by atoms with Gasteiger partial charge in [-0.1, -0.05) is 23.8 Å². The SMILES string of the molecule is Cc1ccc(-c2nnc(-c3cccc(S(=O)(=O)NC(C)(C)C)c3)o2)cc1. The second-order valence-corrected chi connectivity index (χ2v) is 8.84. The normalized spacial score (nSPS) is 12.3. The molecule has 0 atom stereocenters. The molecule has 0 spiro atoms. The molecule has 2 aromatic carbocycles. The fraction of sp³-hybridized carbons (Fsp3) is 0.263. The number of hydrogen-bond donors (Lipinski definition) is 1. The Bertz CT molecular complexity index is 1020. The van der Waals surface area contributed by atoms with Gasteiger partial charge in [-0.05, 0) is 58.0 Å². The van der Waals surface area contributed by atoms with Crippen molar-refractivity contribution in [2.24, 2.45) is 0 Å². The van der Waals surface area contributed by atoms with Gasteiger partial charge in [0.05, 0.1) is 4.90 Å². The average Bonchev–Trinajstić information content (AvgIpc) is 3.03. The highest BCUT2D eigenvalue weighted by atomic mass is 32.2. The molecule has 0 aliphatic rings. The zero-order valence-corrected chi connectivity index (χ0v) is 16.0. The molecule has 0 saturated heterocycles. The summed E-state index contributed by atoms with van der Waals surface area (Å²) >= 11 is 0. The van der Waals surface area contributed by atoms with Crippen LogP contribution in [0.3, 0.4) is 0 Å². The largest absolute Gasteiger partial charge is 0.416 e. The van der Waals surface area contributed by atoms with Crippen LogP contribution in [0.4, 0.5) is 0 Å². The first kappa shape index (κ1) is 18.3. The van der Waals surface area contributed by atoms with Crippen molar-refractivity contribution in [3.05, 3.63) is 54.1 Å². The molecule has 136 valence electrons. The number of benzene rings is 2. The third-order valence-electron chi connectivity index (χ3n) is 3.56. The molecule has 6 nitrogen and oxygen atoms in total. The Kier molecular flexibility index (Phi) is 4.68. The van der Waals surface area contributed by atoms with Crippen LogP contribution in [-0.2, 0) is 10.0 Å². The highest BCUT2D eigenvalue weighted by molar-refractivity contribution is 7.89. The van der Waals surface area contributed by atoms with Crippen molar-refractivity contribution < 1.29 is 12.8 Å². The summed E-state index contributed by atoms with van der Waals surface area (Å²) in [6, 6.07) is 14.2. The average molecular weight is 371 g/mol. The van der Waals surface area contributed by atoms with Gasteiger partial charge in [0, 0.05) is 16.7 Å². The number of nitrogens with one attached hydrogen (secondary N) is 1. The Labute approximate surface area is 153 Å². The highest BCUT2D eigenvalue weighted by Gasteiger charge is 2.23. The molecule has 0 bridgehead atoms. The summed E-state index contributed by atoms with van der Waals surface area (Å²) in [6.45, 7) is 7.38. The molecule has 0 aliphatic carbocycles. The molecule has 0 aliphatic heterocycles. The van der Waals surface area contributed by atoms with Crippen LogP contribution in [0, 0.1) is 6.92 Å². The summed E-state index contributed by atoms with van der Waals surface area (Å²) in [5.74, 6) is 0.662. The number of nitrogens with zero attached hydrogens (tertiary/aromatic N) is 2. The Morgan fingerprint density at radius 1 is 0.923 bits per heavy atom. The van der Waals surface area contributed by atoms with Crippen LogP contribution in [0.2, 0.25) is 0 Å². The number of hydrogen-bond acceptors (Lipinski definition) is 5. The molecular weight excluding hydrogens is 350 g/mol. The van der Waals surface area contributed by atoms with Crippen LogP contribution in [0.25, 0.3) is 22.9 Å². The molecule has 3 rings (SSSR count). The fourth-order valence-electron chi connectivity index (χ4n) is 2.41. The first-order chi connectivity index (χ1) is 12.1. The van der Waals surface area contributed by atoms with Crippen LogP contribution in [-0.4, -0.2) is 24.2 Å². The minimum Gasteiger partial charge on any atom is -0.416 e. The Hall–Kier alpha value is -2.51. The third-order valence-corrected chi connectivity index (χ3v) is 5.31. The maximum Gasteiger partial charge on any atom is 0.248 e. The predicted molar refractivity (Wildman–Crippen MR) is 100.0 cm³/mol.